The van der Waals surface area contributed by atoms with Crippen molar-refractivity contribution >= 4 is 23.5 Å². The van der Waals surface area contributed by atoms with Gasteiger partial charge >= 0.3 is 6.09 Å². The number of aromatic nitrogens is 1. The molecule has 2 N–H and O–H groups in total. The summed E-state index contributed by atoms with van der Waals surface area (Å²) in [4.78, 5) is 34.1. The Hall–Kier alpha value is -2.79. The number of aliphatic hydroxyl groups excluding tert-OH is 1. The van der Waals surface area contributed by atoms with Crippen LogP contribution in [-0.2, 0) is 9.53 Å². The van der Waals surface area contributed by atoms with Gasteiger partial charge in [-0.25, -0.2) is 9.78 Å². The van der Waals surface area contributed by atoms with Crippen molar-refractivity contribution in [3.05, 3.63) is 17.8 Å². The van der Waals surface area contributed by atoms with Gasteiger partial charge in [0.2, 0.25) is 5.91 Å². The minimum absolute atomic E-state index is 0.0846. The Morgan fingerprint density at radius 3 is 2.84 bits per heavy atom. The summed E-state index contributed by atoms with van der Waals surface area (Å²) in [7, 11) is 0. The Balaban J connectivity index is 1.43. The zero-order valence-electron chi connectivity index (χ0n) is 18.7. The number of likely N-dealkylation sites (tertiary alicyclic amines) is 1. The molecule has 0 unspecified atom stereocenters. The molecule has 2 amide bonds. The van der Waals surface area contributed by atoms with E-state index in [2.05, 4.69) is 26.0 Å². The maximum atomic E-state index is 13.5. The third kappa shape index (κ3) is 4.53. The van der Waals surface area contributed by atoms with Gasteiger partial charge in [0, 0.05) is 25.7 Å². The lowest BCUT2D eigenvalue weighted by atomic mass is 9.78. The molecule has 8 heteroatoms. The Morgan fingerprint density at radius 1 is 1.34 bits per heavy atom. The highest BCUT2D eigenvalue weighted by Crippen LogP contribution is 2.43. The number of ether oxygens (including phenoxy) is 1. The van der Waals surface area contributed by atoms with Crippen LogP contribution in [0.3, 0.4) is 0 Å². The molecule has 3 aliphatic rings. The lowest BCUT2D eigenvalue weighted by molar-refractivity contribution is -0.139. The lowest BCUT2D eigenvalue weighted by Crippen LogP contribution is -2.50. The molecule has 1 saturated carbocycles. The topological polar surface area (TPSA) is 95.0 Å². The van der Waals surface area contributed by atoms with Crippen molar-refractivity contribution in [1.82, 2.24) is 9.88 Å². The third-order valence-corrected chi connectivity index (χ3v) is 7.17. The van der Waals surface area contributed by atoms with Crippen LogP contribution in [0.25, 0.3) is 0 Å². The first kappa shape index (κ1) is 22.4. The zero-order valence-corrected chi connectivity index (χ0v) is 18.7. The van der Waals surface area contributed by atoms with Gasteiger partial charge in [0.1, 0.15) is 5.82 Å². The minimum atomic E-state index is -0.607. The largest absolute Gasteiger partial charge is 0.436 e. The van der Waals surface area contributed by atoms with Crippen LogP contribution in [0.5, 0.6) is 0 Å². The average Bonchev–Trinajstić information content (AvgIpc) is 3.09. The highest BCUT2D eigenvalue weighted by molar-refractivity contribution is 5.87. The van der Waals surface area contributed by atoms with Gasteiger partial charge < -0.3 is 19.6 Å². The van der Waals surface area contributed by atoms with E-state index in [0.29, 0.717) is 12.2 Å². The molecule has 1 aromatic rings. The number of aliphatic hydroxyl groups is 1. The molecule has 2 aliphatic heterocycles. The fourth-order valence-corrected chi connectivity index (χ4v) is 5.37. The standard InChI is InChI=1S/C24H32N4O4/c1-3-13-32-23(31)26-20-15-25-21(14-17(20)2)27-11-4-9-24(16-27)10-12-28(22(24)30)18-5-7-19(29)8-6-18/h1,14-15,18-19,29H,4-13,16H2,2H3,(H,26,31)/t18-,19-,24-/m0/s1. The number of carbonyl (C=O) groups is 2. The fourth-order valence-electron chi connectivity index (χ4n) is 5.37. The summed E-state index contributed by atoms with van der Waals surface area (Å²) in [6.07, 6.45) is 12.0. The van der Waals surface area contributed by atoms with Gasteiger partial charge in [-0.2, -0.15) is 0 Å². The number of nitrogens with one attached hydrogen (secondary N) is 1. The van der Waals surface area contributed by atoms with E-state index in [-0.39, 0.29) is 30.1 Å². The molecule has 1 aliphatic carbocycles. The van der Waals surface area contributed by atoms with E-state index in [1.807, 2.05) is 13.0 Å². The average molecular weight is 441 g/mol. The molecule has 0 aromatic carbocycles. The highest BCUT2D eigenvalue weighted by Gasteiger charge is 2.50. The maximum Gasteiger partial charge on any atom is 0.412 e. The van der Waals surface area contributed by atoms with Crippen LogP contribution in [0.1, 0.15) is 50.5 Å². The maximum absolute atomic E-state index is 13.5. The molecule has 2 saturated heterocycles. The van der Waals surface area contributed by atoms with E-state index in [1.165, 1.54) is 0 Å². The predicted molar refractivity (Wildman–Crippen MR) is 121 cm³/mol. The van der Waals surface area contributed by atoms with Crippen LogP contribution in [0.2, 0.25) is 0 Å². The molecule has 1 atom stereocenters. The lowest BCUT2D eigenvalue weighted by Gasteiger charge is -2.41. The van der Waals surface area contributed by atoms with Crippen LogP contribution < -0.4 is 10.2 Å². The predicted octanol–water partition coefficient (Wildman–Crippen LogP) is 2.69. The number of nitrogens with zero attached hydrogens (tertiary/aromatic N) is 3. The number of carbonyl (C=O) groups excluding carboxylic acids is 2. The van der Waals surface area contributed by atoms with Gasteiger partial charge in [-0.05, 0) is 63.5 Å². The Bertz CT molecular complexity index is 906. The van der Waals surface area contributed by atoms with E-state index in [0.717, 1.165) is 69.4 Å². The van der Waals surface area contributed by atoms with Gasteiger partial charge in [0.25, 0.3) is 0 Å². The minimum Gasteiger partial charge on any atom is -0.436 e. The third-order valence-electron chi connectivity index (χ3n) is 7.17. The molecular weight excluding hydrogens is 408 g/mol. The molecule has 0 radical (unpaired) electrons. The van der Waals surface area contributed by atoms with Gasteiger partial charge in [0.05, 0.1) is 23.4 Å². The highest BCUT2D eigenvalue weighted by atomic mass is 16.5. The van der Waals surface area contributed by atoms with Crippen molar-refractivity contribution in [3.63, 3.8) is 0 Å². The van der Waals surface area contributed by atoms with Crippen molar-refractivity contribution in [2.24, 2.45) is 5.41 Å². The first-order chi connectivity index (χ1) is 15.4. The van der Waals surface area contributed by atoms with Crippen LogP contribution in [0.15, 0.2) is 12.3 Å². The van der Waals surface area contributed by atoms with E-state index in [9.17, 15) is 14.7 Å². The number of anilines is 2. The molecule has 32 heavy (non-hydrogen) atoms. The number of hydrogen-bond acceptors (Lipinski definition) is 6. The second kappa shape index (κ2) is 9.37. The van der Waals surface area contributed by atoms with Gasteiger partial charge in [-0.1, -0.05) is 5.92 Å². The summed E-state index contributed by atoms with van der Waals surface area (Å²) in [5, 5.41) is 12.5. The summed E-state index contributed by atoms with van der Waals surface area (Å²) >= 11 is 0. The molecule has 3 heterocycles. The zero-order chi connectivity index (χ0) is 22.7. The number of amides is 2. The van der Waals surface area contributed by atoms with Crippen molar-refractivity contribution in [2.75, 3.05) is 36.5 Å². The molecule has 8 nitrogen and oxygen atoms in total. The number of hydrogen-bond donors (Lipinski definition) is 2. The van der Waals surface area contributed by atoms with Crippen LogP contribution in [0, 0.1) is 24.7 Å². The van der Waals surface area contributed by atoms with Crippen LogP contribution in [-0.4, -0.2) is 65.4 Å². The Labute approximate surface area is 189 Å². The molecule has 4 rings (SSSR count). The molecule has 1 spiro atoms. The summed E-state index contributed by atoms with van der Waals surface area (Å²) in [5.74, 6) is 3.35. The summed E-state index contributed by atoms with van der Waals surface area (Å²) in [6.45, 7) is 4.15. The van der Waals surface area contributed by atoms with E-state index in [4.69, 9.17) is 11.2 Å². The normalized spacial score (nSPS) is 28.0. The van der Waals surface area contributed by atoms with Crippen LogP contribution in [0.4, 0.5) is 16.3 Å². The summed E-state index contributed by atoms with van der Waals surface area (Å²) in [5.41, 5.74) is 1.09. The van der Waals surface area contributed by atoms with Crippen molar-refractivity contribution in [3.8, 4) is 12.3 Å². The second-order valence-corrected chi connectivity index (χ2v) is 9.28. The van der Waals surface area contributed by atoms with Gasteiger partial charge in [0.15, 0.2) is 6.61 Å². The first-order valence-electron chi connectivity index (χ1n) is 11.5. The fraction of sp³-hybridized carbons (Fsp3) is 0.625. The number of aryl methyl sites for hydroxylation is 1. The molecule has 1 aromatic heterocycles. The Morgan fingerprint density at radius 2 is 2.12 bits per heavy atom. The molecular formula is C24H32N4O4. The van der Waals surface area contributed by atoms with Crippen molar-refractivity contribution in [1.29, 1.82) is 0 Å². The summed E-state index contributed by atoms with van der Waals surface area (Å²) in [6, 6.07) is 2.20. The molecule has 3 fully saturated rings. The van der Waals surface area contributed by atoms with Gasteiger partial charge in [-0.3, -0.25) is 10.1 Å². The van der Waals surface area contributed by atoms with E-state index < -0.39 is 6.09 Å². The quantitative estimate of drug-likeness (QED) is 0.699. The van der Waals surface area contributed by atoms with E-state index in [1.54, 1.807) is 6.20 Å². The number of piperidine rings is 1. The first-order valence-corrected chi connectivity index (χ1v) is 11.5. The molecule has 172 valence electrons. The monoisotopic (exact) mass is 440 g/mol. The van der Waals surface area contributed by atoms with Crippen LogP contribution >= 0.6 is 0 Å². The van der Waals surface area contributed by atoms with E-state index >= 15 is 0 Å². The number of terminal acetylenes is 1. The second-order valence-electron chi connectivity index (χ2n) is 9.28. The SMILES string of the molecule is C#CCOC(=O)Nc1cnc(N2CCC[C@]3(CCN([C@H]4CC[C@H](O)CC4)C3=O)C2)cc1C. The summed E-state index contributed by atoms with van der Waals surface area (Å²) < 4.78 is 4.86. The van der Waals surface area contributed by atoms with Crippen molar-refractivity contribution in [2.45, 2.75) is 64.0 Å². The number of pyridine rings is 1. The van der Waals surface area contributed by atoms with Gasteiger partial charge in [-0.15, -0.1) is 6.42 Å². The number of rotatable bonds is 4. The smallest absolute Gasteiger partial charge is 0.412 e. The Kier molecular flexibility index (Phi) is 6.56. The molecule has 0 bridgehead atoms. The van der Waals surface area contributed by atoms with Crippen molar-refractivity contribution < 1.29 is 19.4 Å².